The summed E-state index contributed by atoms with van der Waals surface area (Å²) < 4.78 is 5.33. The molecule has 2 aromatic rings. The first-order valence-electron chi connectivity index (χ1n) is 12.6. The Balaban J connectivity index is 1.62. The molecule has 182 valence electrons. The van der Waals surface area contributed by atoms with E-state index in [1.165, 1.54) is 18.4 Å². The van der Waals surface area contributed by atoms with E-state index in [-0.39, 0.29) is 17.9 Å². The summed E-state index contributed by atoms with van der Waals surface area (Å²) >= 11 is 1.59. The highest BCUT2D eigenvalue weighted by Gasteiger charge is 2.33. The zero-order valence-corrected chi connectivity index (χ0v) is 20.9. The fraction of sp³-hybridized carbons (Fsp3) is 0.500. The second-order valence-corrected chi connectivity index (χ2v) is 10.4. The van der Waals surface area contributed by atoms with Crippen molar-refractivity contribution in [3.63, 3.8) is 0 Å². The number of nitrogens with zero attached hydrogens (tertiary/aromatic N) is 1. The molecule has 1 fully saturated rings. The van der Waals surface area contributed by atoms with Crippen molar-refractivity contribution in [2.24, 2.45) is 0 Å². The predicted octanol–water partition coefficient (Wildman–Crippen LogP) is 5.82. The van der Waals surface area contributed by atoms with E-state index in [2.05, 4.69) is 11.4 Å². The number of methoxy groups -OCH3 is 1. The molecule has 2 aliphatic rings. The van der Waals surface area contributed by atoms with Gasteiger partial charge in [0.05, 0.1) is 13.5 Å². The summed E-state index contributed by atoms with van der Waals surface area (Å²) in [5.74, 6) is 0.665. The van der Waals surface area contributed by atoms with Crippen molar-refractivity contribution >= 4 is 23.2 Å². The Labute approximate surface area is 207 Å². The van der Waals surface area contributed by atoms with Gasteiger partial charge < -0.3 is 15.0 Å². The minimum Gasteiger partial charge on any atom is -0.497 e. The monoisotopic (exact) mass is 480 g/mol. The van der Waals surface area contributed by atoms with Crippen LogP contribution < -0.4 is 10.1 Å². The molecule has 2 aliphatic carbocycles. The van der Waals surface area contributed by atoms with Gasteiger partial charge in [-0.2, -0.15) is 0 Å². The summed E-state index contributed by atoms with van der Waals surface area (Å²) in [6, 6.07) is 11.1. The van der Waals surface area contributed by atoms with Gasteiger partial charge >= 0.3 is 0 Å². The normalized spacial score (nSPS) is 17.1. The van der Waals surface area contributed by atoms with Gasteiger partial charge in [0.2, 0.25) is 11.8 Å². The van der Waals surface area contributed by atoms with Gasteiger partial charge in [-0.1, -0.05) is 42.7 Å². The molecular formula is C28H36N2O3S. The summed E-state index contributed by atoms with van der Waals surface area (Å²) in [6.07, 6.45) is 12.4. The molecule has 2 amide bonds. The van der Waals surface area contributed by atoms with E-state index < -0.39 is 6.04 Å². The smallest absolute Gasteiger partial charge is 0.247 e. The molecule has 6 heteroatoms. The number of nitrogens with one attached hydrogen (secondary N) is 1. The Morgan fingerprint density at radius 1 is 1.12 bits per heavy atom. The van der Waals surface area contributed by atoms with Crippen LogP contribution in [0.15, 0.2) is 53.4 Å². The predicted molar refractivity (Wildman–Crippen MR) is 137 cm³/mol. The molecule has 4 rings (SSSR count). The van der Waals surface area contributed by atoms with Gasteiger partial charge in [-0.3, -0.25) is 9.59 Å². The van der Waals surface area contributed by atoms with Gasteiger partial charge in [-0.15, -0.1) is 11.3 Å². The number of allylic oxidation sites excluding steroid dienone is 1. The summed E-state index contributed by atoms with van der Waals surface area (Å²) in [5, 5.41) is 5.26. The molecule has 1 aromatic heterocycles. The molecule has 1 aromatic carbocycles. The van der Waals surface area contributed by atoms with E-state index in [4.69, 9.17) is 4.74 Å². The van der Waals surface area contributed by atoms with Crippen LogP contribution in [0.2, 0.25) is 0 Å². The first kappa shape index (κ1) is 24.5. The third-order valence-corrected chi connectivity index (χ3v) is 7.85. The Bertz CT molecular complexity index is 962. The minimum atomic E-state index is -0.650. The maximum absolute atomic E-state index is 13.7. The van der Waals surface area contributed by atoms with E-state index in [9.17, 15) is 9.59 Å². The molecule has 1 heterocycles. The maximum Gasteiger partial charge on any atom is 0.247 e. The largest absolute Gasteiger partial charge is 0.497 e. The Hall–Kier alpha value is -2.60. The first-order chi connectivity index (χ1) is 16.6. The number of ether oxygens (including phenoxy) is 1. The van der Waals surface area contributed by atoms with Gasteiger partial charge in [0.15, 0.2) is 0 Å². The van der Waals surface area contributed by atoms with Crippen LogP contribution in [0, 0.1) is 0 Å². The fourth-order valence-corrected chi connectivity index (χ4v) is 5.76. The lowest BCUT2D eigenvalue weighted by atomic mass is 9.96. The maximum atomic E-state index is 13.7. The van der Waals surface area contributed by atoms with E-state index in [1.54, 1.807) is 18.4 Å². The van der Waals surface area contributed by atoms with Gasteiger partial charge in [0.1, 0.15) is 11.8 Å². The number of carbonyl (C=O) groups is 2. The van der Waals surface area contributed by atoms with Crippen LogP contribution >= 0.6 is 11.3 Å². The van der Waals surface area contributed by atoms with Crippen LogP contribution in [0.3, 0.4) is 0 Å². The lowest BCUT2D eigenvalue weighted by Crippen LogP contribution is -2.47. The third-order valence-electron chi connectivity index (χ3n) is 6.98. The first-order valence-corrected chi connectivity index (χ1v) is 13.5. The van der Waals surface area contributed by atoms with E-state index in [0.29, 0.717) is 13.0 Å². The molecule has 0 spiro atoms. The summed E-state index contributed by atoms with van der Waals surface area (Å²) in [6.45, 7) is 0.546. The highest BCUT2D eigenvalue weighted by Crippen LogP contribution is 2.29. The van der Waals surface area contributed by atoms with Crippen LogP contribution in [0.1, 0.15) is 74.3 Å². The van der Waals surface area contributed by atoms with Crippen molar-refractivity contribution in [3.8, 4) is 5.75 Å². The standard InChI is InChI=1S/C28H36N2O3S/c1-33-24-15-13-22(14-16-24)27(28(32)29-23-10-5-6-11-23)30(18-17-21-8-3-2-4-9-21)26(31)20-25-12-7-19-34-25/h7-8,12-16,19,23,27H,2-6,9-11,17-18,20H2,1H3,(H,29,32). The fourth-order valence-electron chi connectivity index (χ4n) is 5.07. The molecule has 34 heavy (non-hydrogen) atoms. The number of rotatable bonds is 10. The number of hydrogen-bond acceptors (Lipinski definition) is 4. The van der Waals surface area contributed by atoms with Crippen LogP contribution in [-0.4, -0.2) is 36.4 Å². The van der Waals surface area contributed by atoms with E-state index >= 15 is 0 Å². The molecule has 0 aliphatic heterocycles. The number of hydrogen-bond donors (Lipinski definition) is 1. The van der Waals surface area contributed by atoms with Crippen molar-refractivity contribution < 1.29 is 14.3 Å². The van der Waals surface area contributed by atoms with Crippen LogP contribution in [-0.2, 0) is 16.0 Å². The van der Waals surface area contributed by atoms with E-state index in [1.807, 2.05) is 46.7 Å². The van der Waals surface area contributed by atoms with Crippen molar-refractivity contribution in [2.75, 3.05) is 13.7 Å². The lowest BCUT2D eigenvalue weighted by molar-refractivity contribution is -0.140. The average molecular weight is 481 g/mol. The van der Waals surface area contributed by atoms with Gasteiger partial charge in [-0.05, 0) is 74.1 Å². The molecule has 0 bridgehead atoms. The van der Waals surface area contributed by atoms with E-state index in [0.717, 1.165) is 61.1 Å². The zero-order chi connectivity index (χ0) is 23.8. The number of benzene rings is 1. The second kappa shape index (κ2) is 12.2. The van der Waals surface area contributed by atoms with Gasteiger partial charge in [-0.25, -0.2) is 0 Å². The molecule has 0 radical (unpaired) electrons. The molecule has 1 saturated carbocycles. The zero-order valence-electron chi connectivity index (χ0n) is 20.1. The van der Waals surface area contributed by atoms with Crippen molar-refractivity contribution in [1.29, 1.82) is 0 Å². The highest BCUT2D eigenvalue weighted by atomic mass is 32.1. The average Bonchev–Trinajstić information content (AvgIpc) is 3.57. The number of thiophene rings is 1. The van der Waals surface area contributed by atoms with Crippen LogP contribution in [0.25, 0.3) is 0 Å². The van der Waals surface area contributed by atoms with Crippen LogP contribution in [0.4, 0.5) is 0 Å². The Kier molecular flexibility index (Phi) is 8.80. The topological polar surface area (TPSA) is 58.6 Å². The number of carbonyl (C=O) groups excluding carboxylic acids is 2. The van der Waals surface area contributed by atoms with Crippen molar-refractivity contribution in [3.05, 3.63) is 63.9 Å². The minimum absolute atomic E-state index is 0.00116. The molecule has 1 atom stereocenters. The van der Waals surface area contributed by atoms with Gasteiger partial charge in [0.25, 0.3) is 0 Å². The summed E-state index contributed by atoms with van der Waals surface area (Å²) in [5.41, 5.74) is 2.23. The third kappa shape index (κ3) is 6.50. The molecule has 1 N–H and O–H groups in total. The number of amides is 2. The molecule has 5 nitrogen and oxygen atoms in total. The molecule has 1 unspecified atom stereocenters. The van der Waals surface area contributed by atoms with Crippen molar-refractivity contribution in [1.82, 2.24) is 10.2 Å². The Morgan fingerprint density at radius 2 is 1.91 bits per heavy atom. The summed E-state index contributed by atoms with van der Waals surface area (Å²) in [7, 11) is 1.63. The van der Waals surface area contributed by atoms with Gasteiger partial charge in [0, 0.05) is 17.5 Å². The second-order valence-electron chi connectivity index (χ2n) is 9.37. The summed E-state index contributed by atoms with van der Waals surface area (Å²) in [4.78, 5) is 30.2. The SMILES string of the molecule is COc1ccc(C(C(=O)NC2CCCC2)N(CCC2=CCCCC2)C(=O)Cc2cccs2)cc1. The Morgan fingerprint density at radius 3 is 2.56 bits per heavy atom. The highest BCUT2D eigenvalue weighted by molar-refractivity contribution is 7.10. The quantitative estimate of drug-likeness (QED) is 0.436. The lowest BCUT2D eigenvalue weighted by Gasteiger charge is -2.33. The van der Waals surface area contributed by atoms with Crippen molar-refractivity contribution in [2.45, 2.75) is 76.3 Å². The molecular weight excluding hydrogens is 444 g/mol. The molecule has 0 saturated heterocycles. The van der Waals surface area contributed by atoms with Crippen LogP contribution in [0.5, 0.6) is 5.75 Å².